The number of imide groups is 2. The minimum absolute atomic E-state index is 0.0319. The molecule has 4 aromatic rings. The zero-order valence-corrected chi connectivity index (χ0v) is 38.1. The van der Waals surface area contributed by atoms with E-state index in [0.29, 0.717) is 87.3 Å². The second-order valence-corrected chi connectivity index (χ2v) is 17.7. The summed E-state index contributed by atoms with van der Waals surface area (Å²) in [5.41, 5.74) is -0.395. The van der Waals surface area contributed by atoms with Gasteiger partial charge >= 0.3 is 10.1 Å². The maximum absolute atomic E-state index is 13.5. The molecule has 0 saturated carbocycles. The second kappa shape index (κ2) is 23.0. The Labute approximate surface area is 394 Å². The number of H-pyrrole nitrogens is 1. The fraction of sp³-hybridized carbons (Fsp3) is 0.435. The van der Waals surface area contributed by atoms with Crippen LogP contribution in [0.4, 0.5) is 14.5 Å². The van der Waals surface area contributed by atoms with Crippen molar-refractivity contribution in [2.45, 2.75) is 55.3 Å². The predicted molar refractivity (Wildman–Crippen MR) is 237 cm³/mol. The van der Waals surface area contributed by atoms with E-state index in [1.807, 2.05) is 0 Å². The van der Waals surface area contributed by atoms with Crippen LogP contribution in [0.1, 0.15) is 57.5 Å². The highest BCUT2D eigenvalue weighted by Gasteiger charge is 2.52. The molecular weight excluding hydrogens is 933 g/mol. The SMILES string of the molecule is O=C1CCC(N2C(=O)c3cccc(CCCOCCOCCOCCOCCOCCOS(=O)(=O)c4cc5cc(N6CCC(O)(C(=O)NCc7cc(F)cc(F)c7)C6=O)ccc5[nH]4)c3C2=O)C(=O)N1. The first kappa shape index (κ1) is 50.8. The Morgan fingerprint density at radius 1 is 0.797 bits per heavy atom. The van der Waals surface area contributed by atoms with Gasteiger partial charge in [-0.3, -0.25) is 43.2 Å². The molecule has 23 heteroatoms. The molecule has 2 atom stereocenters. The summed E-state index contributed by atoms with van der Waals surface area (Å²) in [6.07, 6.45) is 0.951. The molecule has 0 bridgehead atoms. The molecule has 4 heterocycles. The van der Waals surface area contributed by atoms with E-state index in [-0.39, 0.29) is 80.5 Å². The number of aliphatic hydroxyl groups is 1. The number of ether oxygens (including phenoxy) is 5. The molecule has 7 rings (SSSR count). The van der Waals surface area contributed by atoms with Crippen LogP contribution in [0.15, 0.2) is 65.7 Å². The van der Waals surface area contributed by atoms with E-state index in [9.17, 15) is 51.1 Å². The number of anilines is 1. The van der Waals surface area contributed by atoms with Crippen molar-refractivity contribution < 1.29 is 78.9 Å². The number of amides is 6. The molecule has 3 aliphatic rings. The third-order valence-corrected chi connectivity index (χ3v) is 12.7. The van der Waals surface area contributed by atoms with Gasteiger partial charge in [0.2, 0.25) is 17.4 Å². The van der Waals surface area contributed by atoms with Crippen LogP contribution in [0, 0.1) is 11.6 Å². The van der Waals surface area contributed by atoms with Gasteiger partial charge < -0.3 is 44.0 Å². The lowest BCUT2D eigenvalue weighted by molar-refractivity contribution is -0.149. The highest BCUT2D eigenvalue weighted by molar-refractivity contribution is 7.86. The Bertz CT molecular complexity index is 2660. The first-order chi connectivity index (χ1) is 33.2. The van der Waals surface area contributed by atoms with Gasteiger partial charge in [0.25, 0.3) is 23.6 Å². The second-order valence-electron chi connectivity index (χ2n) is 16.2. The van der Waals surface area contributed by atoms with Crippen molar-refractivity contribution in [1.29, 1.82) is 0 Å². The van der Waals surface area contributed by atoms with Crippen LogP contribution in [-0.2, 0) is 70.1 Å². The molecule has 20 nitrogen and oxygen atoms in total. The van der Waals surface area contributed by atoms with Crippen molar-refractivity contribution in [3.63, 3.8) is 0 Å². The Morgan fingerprint density at radius 3 is 2.09 bits per heavy atom. The van der Waals surface area contributed by atoms with E-state index >= 15 is 0 Å². The van der Waals surface area contributed by atoms with Crippen molar-refractivity contribution >= 4 is 62.2 Å². The third kappa shape index (κ3) is 12.4. The molecule has 2 fully saturated rings. The lowest BCUT2D eigenvalue weighted by atomic mass is 9.99. The fourth-order valence-corrected chi connectivity index (χ4v) is 8.93. The normalized spacial score (nSPS) is 18.4. The van der Waals surface area contributed by atoms with Crippen molar-refractivity contribution in [1.82, 2.24) is 20.5 Å². The number of nitrogens with zero attached hydrogens (tertiary/aromatic N) is 2. The standard InChI is InChI=1S/C46H51F2N5O15S/c47-32-23-29(24-33(48)27-32)28-49-44(58)46(60)10-11-52(45(46)59)34-6-7-36-31(25-34)26-39(50-36)69(61,62)68-22-21-67-20-19-66-18-17-65-16-15-64-14-13-63-12-2-4-30-3-1-5-35-40(30)43(57)53(42(35)56)37-8-9-38(54)51-41(37)55/h1,3,5-7,23-27,37,50,60H,2,4,8-22,28H2,(H,49,58)(H,51,54,55). The summed E-state index contributed by atoms with van der Waals surface area (Å²) in [4.78, 5) is 81.2. The summed E-state index contributed by atoms with van der Waals surface area (Å²) in [6.45, 7) is 2.10. The van der Waals surface area contributed by atoms with Crippen LogP contribution < -0.4 is 15.5 Å². The molecule has 69 heavy (non-hydrogen) atoms. The van der Waals surface area contributed by atoms with Gasteiger partial charge in [-0.25, -0.2) is 8.78 Å². The molecule has 0 aliphatic carbocycles. The van der Waals surface area contributed by atoms with E-state index in [1.54, 1.807) is 18.2 Å². The first-order valence-corrected chi connectivity index (χ1v) is 23.6. The number of nitrogens with one attached hydrogen (secondary N) is 3. The van der Waals surface area contributed by atoms with E-state index in [2.05, 4.69) is 15.6 Å². The number of aryl methyl sites for hydroxylation is 1. The van der Waals surface area contributed by atoms with Crippen LogP contribution in [0.3, 0.4) is 0 Å². The molecule has 3 aliphatic heterocycles. The molecule has 4 N–H and O–H groups in total. The maximum atomic E-state index is 13.5. The largest absolute Gasteiger partial charge is 0.379 e. The smallest absolute Gasteiger partial charge is 0.312 e. The Kier molecular flexibility index (Phi) is 17.0. The van der Waals surface area contributed by atoms with Crippen molar-refractivity contribution in [3.8, 4) is 0 Å². The van der Waals surface area contributed by atoms with Crippen molar-refractivity contribution in [2.24, 2.45) is 0 Å². The number of hydrogen-bond acceptors (Lipinski definition) is 15. The van der Waals surface area contributed by atoms with Gasteiger partial charge in [0.1, 0.15) is 17.7 Å². The summed E-state index contributed by atoms with van der Waals surface area (Å²) in [7, 11) is -4.23. The summed E-state index contributed by atoms with van der Waals surface area (Å²) in [5, 5.41) is 15.7. The molecule has 370 valence electrons. The third-order valence-electron chi connectivity index (χ3n) is 11.5. The molecule has 6 amide bonds. The van der Waals surface area contributed by atoms with E-state index in [0.717, 1.165) is 17.0 Å². The zero-order chi connectivity index (χ0) is 49.1. The minimum Gasteiger partial charge on any atom is -0.379 e. The topological polar surface area (TPSA) is 258 Å². The maximum Gasteiger partial charge on any atom is 0.312 e. The van der Waals surface area contributed by atoms with Crippen LogP contribution in [-0.4, -0.2) is 150 Å². The molecule has 3 aromatic carbocycles. The Morgan fingerprint density at radius 2 is 1.43 bits per heavy atom. The molecule has 2 saturated heterocycles. The van der Waals surface area contributed by atoms with Crippen LogP contribution in [0.5, 0.6) is 0 Å². The molecular formula is C46H51F2N5O15S. The van der Waals surface area contributed by atoms with Gasteiger partial charge in [0.05, 0.1) is 77.2 Å². The van der Waals surface area contributed by atoms with Gasteiger partial charge in [-0.1, -0.05) is 12.1 Å². The quantitative estimate of drug-likeness (QED) is 0.0304. The number of carbonyl (C=O) groups excluding carboxylic acids is 6. The number of piperidine rings is 1. The number of fused-ring (bicyclic) bond motifs is 2. The van der Waals surface area contributed by atoms with Crippen molar-refractivity contribution in [3.05, 3.63) is 94.6 Å². The summed E-state index contributed by atoms with van der Waals surface area (Å²) >= 11 is 0. The number of halogens is 2. The lowest BCUT2D eigenvalue weighted by Crippen LogP contribution is -2.54. The Balaban J connectivity index is 0.696. The van der Waals surface area contributed by atoms with E-state index in [4.69, 9.17) is 27.9 Å². The number of hydrogen-bond donors (Lipinski definition) is 4. The summed E-state index contributed by atoms with van der Waals surface area (Å²) in [5.74, 6) is -5.78. The van der Waals surface area contributed by atoms with E-state index in [1.165, 1.54) is 29.2 Å². The number of rotatable bonds is 26. The van der Waals surface area contributed by atoms with Crippen molar-refractivity contribution in [2.75, 3.05) is 84.1 Å². The molecule has 0 radical (unpaired) electrons. The monoisotopic (exact) mass is 983 g/mol. The van der Waals surface area contributed by atoms with Gasteiger partial charge in [-0.2, -0.15) is 8.42 Å². The van der Waals surface area contributed by atoms with Crippen LogP contribution >= 0.6 is 0 Å². The molecule has 1 aromatic heterocycles. The average molecular weight is 984 g/mol. The highest BCUT2D eigenvalue weighted by atomic mass is 32.2. The molecule has 0 spiro atoms. The van der Waals surface area contributed by atoms with Crippen LogP contribution in [0.25, 0.3) is 10.9 Å². The van der Waals surface area contributed by atoms with Gasteiger partial charge in [0, 0.05) is 55.2 Å². The summed E-state index contributed by atoms with van der Waals surface area (Å²) in [6, 6.07) is 12.6. The van der Waals surface area contributed by atoms with Crippen LogP contribution in [0.2, 0.25) is 0 Å². The van der Waals surface area contributed by atoms with Gasteiger partial charge in [0.15, 0.2) is 5.03 Å². The Hall–Kier alpha value is -6.05. The lowest BCUT2D eigenvalue weighted by Gasteiger charge is -2.27. The zero-order valence-electron chi connectivity index (χ0n) is 37.3. The number of aromatic nitrogens is 1. The average Bonchev–Trinajstić information content (AvgIpc) is 3.97. The van der Waals surface area contributed by atoms with Gasteiger partial charge in [-0.15, -0.1) is 0 Å². The predicted octanol–water partition coefficient (Wildman–Crippen LogP) is 2.05. The number of benzene rings is 3. The number of aromatic amines is 1. The number of carbonyl (C=O) groups is 6. The fourth-order valence-electron chi connectivity index (χ4n) is 8.01. The van der Waals surface area contributed by atoms with E-state index < -0.39 is 68.8 Å². The first-order valence-electron chi connectivity index (χ1n) is 22.2. The minimum atomic E-state index is -4.23. The molecule has 2 unspecified atom stereocenters. The summed E-state index contributed by atoms with van der Waals surface area (Å²) < 4.78 is 85.5. The highest BCUT2D eigenvalue weighted by Crippen LogP contribution is 2.33. The van der Waals surface area contributed by atoms with Gasteiger partial charge in [-0.05, 0) is 72.9 Å².